The molecule has 202 valence electrons. The number of hydrogen-bond acceptors (Lipinski definition) is 4. The number of esters is 1. The van der Waals surface area contributed by atoms with E-state index in [1.165, 1.54) is 13.0 Å². The molecule has 0 saturated carbocycles. The van der Waals surface area contributed by atoms with Gasteiger partial charge in [-0.05, 0) is 77.1 Å². The van der Waals surface area contributed by atoms with Gasteiger partial charge < -0.3 is 9.47 Å². The first kappa shape index (κ1) is 26.9. The molecule has 5 rings (SSSR count). The third-order valence-electron chi connectivity index (χ3n) is 6.61. The van der Waals surface area contributed by atoms with Gasteiger partial charge in [0, 0.05) is 18.5 Å². The maximum Gasteiger partial charge on any atom is 0.418 e. The Morgan fingerprint density at radius 2 is 1.60 bits per heavy atom. The maximum atomic E-state index is 13.9. The van der Waals surface area contributed by atoms with Crippen LogP contribution in [-0.4, -0.2) is 11.0 Å². The zero-order valence-corrected chi connectivity index (χ0v) is 22.0. The third-order valence-corrected chi connectivity index (χ3v) is 6.61. The van der Waals surface area contributed by atoms with Crippen molar-refractivity contribution in [3.63, 3.8) is 0 Å². The van der Waals surface area contributed by atoms with Crippen molar-refractivity contribution in [2.45, 2.75) is 33.1 Å². The molecule has 4 nitrogen and oxygen atoms in total. The van der Waals surface area contributed by atoms with Crippen molar-refractivity contribution in [3.8, 4) is 22.6 Å². The Hall–Kier alpha value is -4.65. The second-order valence-electron chi connectivity index (χ2n) is 9.52. The van der Waals surface area contributed by atoms with E-state index in [1.807, 2.05) is 55.5 Å². The van der Waals surface area contributed by atoms with E-state index in [1.54, 1.807) is 36.5 Å². The summed E-state index contributed by atoms with van der Waals surface area (Å²) in [6.07, 6.45) is -2.48. The molecule has 0 spiro atoms. The Balaban J connectivity index is 1.56. The van der Waals surface area contributed by atoms with Crippen LogP contribution in [0, 0.1) is 6.92 Å². The summed E-state index contributed by atoms with van der Waals surface area (Å²) in [6.45, 7) is 3.56. The molecule has 0 N–H and O–H groups in total. The number of carbonyl (C=O) groups excluding carboxylic acids is 1. The minimum atomic E-state index is -4.53. The number of benzene rings is 4. The van der Waals surface area contributed by atoms with Crippen LogP contribution in [0.15, 0.2) is 97.2 Å². The summed E-state index contributed by atoms with van der Waals surface area (Å²) in [6, 6.07) is 26.4. The molecular weight excluding hydrogens is 515 g/mol. The second kappa shape index (κ2) is 11.2. The van der Waals surface area contributed by atoms with E-state index in [-0.39, 0.29) is 12.1 Å². The predicted octanol–water partition coefficient (Wildman–Crippen LogP) is 8.32. The number of carbonyl (C=O) groups is 1. The van der Waals surface area contributed by atoms with E-state index >= 15 is 0 Å². The number of rotatable bonds is 7. The first-order chi connectivity index (χ1) is 19.2. The summed E-state index contributed by atoms with van der Waals surface area (Å²) < 4.78 is 52.9. The smallest absolute Gasteiger partial charge is 0.418 e. The number of ether oxygens (including phenoxy) is 2. The quantitative estimate of drug-likeness (QED) is 0.154. The van der Waals surface area contributed by atoms with Crippen LogP contribution in [0.4, 0.5) is 13.2 Å². The third kappa shape index (κ3) is 5.99. The van der Waals surface area contributed by atoms with Gasteiger partial charge in [0.25, 0.3) is 0 Å². The van der Waals surface area contributed by atoms with Crippen LogP contribution in [0.2, 0.25) is 0 Å². The summed E-state index contributed by atoms with van der Waals surface area (Å²) in [5, 5.41) is 0.423. The van der Waals surface area contributed by atoms with Gasteiger partial charge in [-0.2, -0.15) is 13.2 Å². The van der Waals surface area contributed by atoms with Crippen LogP contribution in [0.3, 0.4) is 0 Å². The molecule has 0 bridgehead atoms. The average Bonchev–Trinajstić information content (AvgIpc) is 2.92. The van der Waals surface area contributed by atoms with Gasteiger partial charge in [0.2, 0.25) is 0 Å². The molecule has 5 aromatic rings. The summed E-state index contributed by atoms with van der Waals surface area (Å²) >= 11 is 0. The number of fused-ring (bicyclic) bond motifs is 1. The van der Waals surface area contributed by atoms with Gasteiger partial charge in [0.1, 0.15) is 18.1 Å². The number of nitrogens with zero attached hydrogens (tertiary/aromatic N) is 1. The molecule has 0 fully saturated rings. The van der Waals surface area contributed by atoms with Gasteiger partial charge in [-0.25, -0.2) is 0 Å². The Kier molecular flexibility index (Phi) is 7.56. The first-order valence-corrected chi connectivity index (χ1v) is 12.7. The lowest BCUT2D eigenvalue weighted by molar-refractivity contribution is -0.136. The fourth-order valence-electron chi connectivity index (χ4n) is 4.75. The molecule has 0 saturated heterocycles. The minimum Gasteiger partial charge on any atom is -0.489 e. The monoisotopic (exact) mass is 541 g/mol. The Morgan fingerprint density at radius 3 is 2.38 bits per heavy atom. The summed E-state index contributed by atoms with van der Waals surface area (Å²) in [4.78, 5) is 15.6. The van der Waals surface area contributed by atoms with Gasteiger partial charge in [-0.3, -0.25) is 9.78 Å². The molecule has 4 aromatic carbocycles. The molecular formula is C33H26F3NO3. The van der Waals surface area contributed by atoms with Crippen LogP contribution < -0.4 is 9.47 Å². The van der Waals surface area contributed by atoms with E-state index in [9.17, 15) is 18.0 Å². The highest BCUT2D eigenvalue weighted by Gasteiger charge is 2.33. The van der Waals surface area contributed by atoms with E-state index in [2.05, 4.69) is 4.98 Å². The molecule has 7 heteroatoms. The molecule has 1 aromatic heterocycles. The minimum absolute atomic E-state index is 0.0906. The second-order valence-corrected chi connectivity index (χ2v) is 9.52. The number of halogens is 3. The zero-order chi connectivity index (χ0) is 28.3. The van der Waals surface area contributed by atoms with Gasteiger partial charge in [0.05, 0.1) is 11.1 Å². The fraction of sp³-hybridized carbons (Fsp3) is 0.152. The van der Waals surface area contributed by atoms with Crippen LogP contribution in [-0.2, 0) is 24.0 Å². The van der Waals surface area contributed by atoms with Crippen molar-refractivity contribution in [2.24, 2.45) is 0 Å². The normalized spacial score (nSPS) is 11.4. The molecule has 0 radical (unpaired) electrons. The number of aryl methyl sites for hydroxylation is 1. The molecule has 0 aliphatic rings. The summed E-state index contributed by atoms with van der Waals surface area (Å²) in [7, 11) is 0. The van der Waals surface area contributed by atoms with Crippen molar-refractivity contribution in [1.82, 2.24) is 4.98 Å². The SMILES string of the molecule is CC(=O)Oc1cccc(COc2cccc(-c3c(Cc4ccccc4C)cnc4c(C(F)(F)F)cccc34)c2)c1. The molecule has 0 aliphatic carbocycles. The zero-order valence-electron chi connectivity index (χ0n) is 22.0. The number of aromatic nitrogens is 1. The standard InChI is InChI=1S/C33H26F3NO3/c1-21-8-3-4-10-24(21)17-26-19-37-32-29(14-7-15-30(32)33(34,35)36)31(26)25-11-6-12-27(18-25)39-20-23-9-5-13-28(16-23)40-22(2)38/h3-16,18-19H,17,20H2,1-2H3. The van der Waals surface area contributed by atoms with Crippen LogP contribution in [0.5, 0.6) is 11.5 Å². The fourth-order valence-corrected chi connectivity index (χ4v) is 4.75. The van der Waals surface area contributed by atoms with Crippen molar-refractivity contribution in [1.29, 1.82) is 0 Å². The van der Waals surface area contributed by atoms with Gasteiger partial charge >= 0.3 is 12.1 Å². The highest BCUT2D eigenvalue weighted by molar-refractivity contribution is 5.98. The molecule has 0 atom stereocenters. The van der Waals surface area contributed by atoms with Crippen LogP contribution >= 0.6 is 0 Å². The number of pyridine rings is 1. The van der Waals surface area contributed by atoms with Crippen molar-refractivity contribution >= 4 is 16.9 Å². The van der Waals surface area contributed by atoms with Crippen LogP contribution in [0.1, 0.15) is 34.7 Å². The van der Waals surface area contributed by atoms with Crippen molar-refractivity contribution in [3.05, 3.63) is 125 Å². The van der Waals surface area contributed by atoms with E-state index in [0.717, 1.165) is 33.9 Å². The molecule has 1 heterocycles. The first-order valence-electron chi connectivity index (χ1n) is 12.7. The molecule has 0 aliphatic heterocycles. The van der Waals surface area contributed by atoms with Crippen molar-refractivity contribution < 1.29 is 27.4 Å². The predicted molar refractivity (Wildman–Crippen MR) is 148 cm³/mol. The van der Waals surface area contributed by atoms with E-state index in [4.69, 9.17) is 9.47 Å². The highest BCUT2D eigenvalue weighted by Crippen LogP contribution is 2.40. The number of alkyl halides is 3. The maximum absolute atomic E-state index is 13.9. The highest BCUT2D eigenvalue weighted by atomic mass is 19.4. The van der Waals surface area contributed by atoms with Gasteiger partial charge in [-0.15, -0.1) is 0 Å². The average molecular weight is 542 g/mol. The summed E-state index contributed by atoms with van der Waals surface area (Å²) in [5.41, 5.74) is 4.31. The lowest BCUT2D eigenvalue weighted by atomic mass is 9.91. The lowest BCUT2D eigenvalue weighted by Gasteiger charge is -2.17. The summed E-state index contributed by atoms with van der Waals surface area (Å²) in [5.74, 6) is 0.562. The number of hydrogen-bond donors (Lipinski definition) is 0. The largest absolute Gasteiger partial charge is 0.489 e. The van der Waals surface area contributed by atoms with Crippen molar-refractivity contribution in [2.75, 3.05) is 0 Å². The lowest BCUT2D eigenvalue weighted by Crippen LogP contribution is -2.07. The molecule has 0 unspecified atom stereocenters. The van der Waals surface area contributed by atoms with Gasteiger partial charge in [-0.1, -0.05) is 60.7 Å². The topological polar surface area (TPSA) is 48.4 Å². The number of para-hydroxylation sites is 1. The van der Waals surface area contributed by atoms with Gasteiger partial charge in [0.15, 0.2) is 0 Å². The van der Waals surface area contributed by atoms with E-state index in [0.29, 0.717) is 28.9 Å². The Labute approximate surface area is 230 Å². The molecule has 40 heavy (non-hydrogen) atoms. The van der Waals surface area contributed by atoms with Crippen LogP contribution in [0.25, 0.3) is 22.0 Å². The Morgan fingerprint density at radius 1 is 0.850 bits per heavy atom. The Bertz CT molecular complexity index is 1690. The van der Waals surface area contributed by atoms with E-state index < -0.39 is 17.7 Å². The molecule has 0 amide bonds.